The third kappa shape index (κ3) is 3.81. The first-order valence-electron chi connectivity index (χ1n) is 5.48. The van der Waals surface area contributed by atoms with Gasteiger partial charge < -0.3 is 5.73 Å². The summed E-state index contributed by atoms with van der Waals surface area (Å²) in [7, 11) is -1.68. The molecule has 2 nitrogen and oxygen atoms in total. The van der Waals surface area contributed by atoms with Crippen molar-refractivity contribution >= 4 is 10.8 Å². The molecule has 2 unspecified atom stereocenters. The van der Waals surface area contributed by atoms with Gasteiger partial charge in [-0.2, -0.15) is 13.2 Å². The molecule has 0 saturated carbocycles. The second kappa shape index (κ2) is 5.84. The van der Waals surface area contributed by atoms with E-state index in [1.165, 1.54) is 0 Å². The average molecular weight is 279 g/mol. The zero-order valence-electron chi connectivity index (χ0n) is 10.3. The summed E-state index contributed by atoms with van der Waals surface area (Å²) < 4.78 is 49.6. The summed E-state index contributed by atoms with van der Waals surface area (Å²) in [6.45, 7) is 3.07. The van der Waals surface area contributed by atoms with Crippen LogP contribution >= 0.6 is 0 Å². The van der Waals surface area contributed by atoms with Crippen LogP contribution in [0.2, 0.25) is 0 Å². The molecule has 0 heterocycles. The number of hydrogen-bond acceptors (Lipinski definition) is 2. The summed E-state index contributed by atoms with van der Waals surface area (Å²) >= 11 is 0. The average Bonchev–Trinajstić information content (AvgIpc) is 2.23. The first-order chi connectivity index (χ1) is 8.25. The lowest BCUT2D eigenvalue weighted by Crippen LogP contribution is -2.34. The summed E-state index contributed by atoms with van der Waals surface area (Å²) in [5.74, 6) is -2.21. The van der Waals surface area contributed by atoms with Crippen LogP contribution in [0.25, 0.3) is 0 Å². The van der Waals surface area contributed by atoms with Crippen LogP contribution in [-0.4, -0.2) is 22.7 Å². The van der Waals surface area contributed by atoms with Crippen LogP contribution in [0.5, 0.6) is 0 Å². The molecule has 6 heteroatoms. The Morgan fingerprint density at radius 2 is 1.94 bits per heavy atom. The number of benzene rings is 1. The Labute approximate surface area is 107 Å². The highest BCUT2D eigenvalue weighted by Gasteiger charge is 2.39. The number of hydrogen-bond donors (Lipinski definition) is 1. The standard InChI is InChI=1S/C12H16F3NOS/c1-8-3-4-11(9(2)5-8)18(17)7-10(6-16)12(13,14)15/h3-5,10H,6-7,16H2,1-2H3. The lowest BCUT2D eigenvalue weighted by molar-refractivity contribution is -0.165. The second-order valence-electron chi connectivity index (χ2n) is 4.26. The molecule has 0 bridgehead atoms. The van der Waals surface area contributed by atoms with E-state index >= 15 is 0 Å². The molecule has 2 atom stereocenters. The first kappa shape index (κ1) is 15.2. The Kier molecular flexibility index (Phi) is 4.92. The maximum absolute atomic E-state index is 12.5. The Hall–Kier alpha value is -0.880. The van der Waals surface area contributed by atoms with Crippen molar-refractivity contribution in [3.05, 3.63) is 29.3 Å². The van der Waals surface area contributed by atoms with E-state index in [2.05, 4.69) is 0 Å². The van der Waals surface area contributed by atoms with Gasteiger partial charge in [0.2, 0.25) is 0 Å². The molecular formula is C12H16F3NOS. The van der Waals surface area contributed by atoms with Crippen molar-refractivity contribution < 1.29 is 17.4 Å². The highest BCUT2D eigenvalue weighted by molar-refractivity contribution is 7.85. The molecule has 0 amide bonds. The van der Waals surface area contributed by atoms with Crippen molar-refractivity contribution in [2.75, 3.05) is 12.3 Å². The van der Waals surface area contributed by atoms with Crippen LogP contribution in [0.4, 0.5) is 13.2 Å². The lowest BCUT2D eigenvalue weighted by Gasteiger charge is -2.18. The third-order valence-corrected chi connectivity index (χ3v) is 4.33. The van der Waals surface area contributed by atoms with Crippen molar-refractivity contribution in [2.45, 2.75) is 24.9 Å². The molecule has 0 fully saturated rings. The van der Waals surface area contributed by atoms with Gasteiger partial charge in [0.05, 0.1) is 16.7 Å². The fraction of sp³-hybridized carbons (Fsp3) is 0.500. The summed E-state index contributed by atoms with van der Waals surface area (Å²) in [6, 6.07) is 5.16. The summed E-state index contributed by atoms with van der Waals surface area (Å²) in [5, 5.41) is 0. The second-order valence-corrected chi connectivity index (χ2v) is 5.72. The van der Waals surface area contributed by atoms with Gasteiger partial charge in [-0.25, -0.2) is 0 Å². The molecule has 0 aliphatic heterocycles. The zero-order valence-corrected chi connectivity index (χ0v) is 11.1. The maximum Gasteiger partial charge on any atom is 0.393 e. The molecule has 0 aromatic heterocycles. The molecule has 0 spiro atoms. The molecular weight excluding hydrogens is 263 g/mol. The lowest BCUT2D eigenvalue weighted by atomic mass is 10.2. The van der Waals surface area contributed by atoms with E-state index in [-0.39, 0.29) is 0 Å². The SMILES string of the molecule is Cc1ccc(S(=O)CC(CN)C(F)(F)F)c(C)c1. The van der Waals surface area contributed by atoms with Crippen molar-refractivity contribution in [3.63, 3.8) is 0 Å². The Bertz CT molecular complexity index is 445. The summed E-state index contributed by atoms with van der Waals surface area (Å²) in [4.78, 5) is 0.448. The van der Waals surface area contributed by atoms with Gasteiger partial charge in [0.15, 0.2) is 0 Å². The number of alkyl halides is 3. The highest BCUT2D eigenvalue weighted by Crippen LogP contribution is 2.28. The van der Waals surface area contributed by atoms with E-state index in [1.807, 2.05) is 6.92 Å². The van der Waals surface area contributed by atoms with Crippen molar-refractivity contribution in [1.29, 1.82) is 0 Å². The van der Waals surface area contributed by atoms with Gasteiger partial charge in [-0.05, 0) is 25.5 Å². The fourth-order valence-electron chi connectivity index (χ4n) is 1.62. The predicted octanol–water partition coefficient (Wildman–Crippen LogP) is 2.55. The summed E-state index contributed by atoms with van der Waals surface area (Å²) in [5.41, 5.74) is 6.82. The Balaban J connectivity index is 2.88. The molecule has 0 radical (unpaired) electrons. The van der Waals surface area contributed by atoms with E-state index in [4.69, 9.17) is 5.73 Å². The van der Waals surface area contributed by atoms with Gasteiger partial charge in [0.1, 0.15) is 0 Å². The van der Waals surface area contributed by atoms with E-state index in [1.54, 1.807) is 25.1 Å². The molecule has 1 aromatic carbocycles. The van der Waals surface area contributed by atoms with E-state index in [9.17, 15) is 17.4 Å². The van der Waals surface area contributed by atoms with Crippen LogP contribution in [-0.2, 0) is 10.8 Å². The minimum atomic E-state index is -4.40. The number of aryl methyl sites for hydroxylation is 2. The van der Waals surface area contributed by atoms with Crippen molar-refractivity contribution in [2.24, 2.45) is 11.7 Å². The molecule has 0 saturated heterocycles. The van der Waals surface area contributed by atoms with E-state index in [0.29, 0.717) is 4.90 Å². The molecule has 1 rings (SSSR count). The predicted molar refractivity (Wildman–Crippen MR) is 65.8 cm³/mol. The van der Waals surface area contributed by atoms with Crippen LogP contribution in [0.15, 0.2) is 23.1 Å². The van der Waals surface area contributed by atoms with Gasteiger partial charge in [0.25, 0.3) is 0 Å². The molecule has 0 aliphatic rings. The van der Waals surface area contributed by atoms with Gasteiger partial charge in [-0.3, -0.25) is 4.21 Å². The maximum atomic E-state index is 12.5. The van der Waals surface area contributed by atoms with Crippen molar-refractivity contribution in [3.8, 4) is 0 Å². The number of halogens is 3. The zero-order chi connectivity index (χ0) is 13.9. The molecule has 18 heavy (non-hydrogen) atoms. The topological polar surface area (TPSA) is 43.1 Å². The monoisotopic (exact) mass is 279 g/mol. The molecule has 2 N–H and O–H groups in total. The quantitative estimate of drug-likeness (QED) is 0.920. The van der Waals surface area contributed by atoms with Crippen LogP contribution in [0.3, 0.4) is 0 Å². The van der Waals surface area contributed by atoms with Gasteiger partial charge >= 0.3 is 6.18 Å². The van der Waals surface area contributed by atoms with Crippen molar-refractivity contribution in [1.82, 2.24) is 0 Å². The smallest absolute Gasteiger partial charge is 0.330 e. The largest absolute Gasteiger partial charge is 0.393 e. The van der Waals surface area contributed by atoms with Crippen LogP contribution in [0.1, 0.15) is 11.1 Å². The van der Waals surface area contributed by atoms with Gasteiger partial charge in [-0.1, -0.05) is 17.7 Å². The Morgan fingerprint density at radius 3 is 2.39 bits per heavy atom. The third-order valence-electron chi connectivity index (χ3n) is 2.68. The van der Waals surface area contributed by atoms with E-state index in [0.717, 1.165) is 11.1 Å². The number of nitrogens with two attached hydrogens (primary N) is 1. The summed E-state index contributed by atoms with van der Waals surface area (Å²) in [6.07, 6.45) is -4.40. The molecule has 102 valence electrons. The van der Waals surface area contributed by atoms with Crippen LogP contribution in [0, 0.1) is 19.8 Å². The minimum Gasteiger partial charge on any atom is -0.330 e. The van der Waals surface area contributed by atoms with Gasteiger partial charge in [-0.15, -0.1) is 0 Å². The first-order valence-corrected chi connectivity index (χ1v) is 6.80. The highest BCUT2D eigenvalue weighted by atomic mass is 32.2. The fourth-order valence-corrected chi connectivity index (χ4v) is 3.13. The molecule has 1 aromatic rings. The molecule has 0 aliphatic carbocycles. The van der Waals surface area contributed by atoms with Gasteiger partial charge in [0, 0.05) is 17.2 Å². The normalized spacial score (nSPS) is 15.4. The number of rotatable bonds is 4. The minimum absolute atomic E-state index is 0.448. The van der Waals surface area contributed by atoms with Crippen LogP contribution < -0.4 is 5.73 Å². The Morgan fingerprint density at radius 1 is 1.33 bits per heavy atom. The van der Waals surface area contributed by atoms with E-state index < -0.39 is 35.2 Å².